The van der Waals surface area contributed by atoms with Crippen molar-refractivity contribution < 1.29 is 17.9 Å². The van der Waals surface area contributed by atoms with Crippen molar-refractivity contribution in [2.45, 2.75) is 37.5 Å². The van der Waals surface area contributed by atoms with Crippen molar-refractivity contribution in [3.05, 3.63) is 17.0 Å². The largest absolute Gasteiger partial charge is 0.459 e. The number of thiophene rings is 1. The lowest BCUT2D eigenvalue weighted by Gasteiger charge is -2.14. The van der Waals surface area contributed by atoms with E-state index in [1.54, 1.807) is 0 Å². The average Bonchev–Trinajstić information content (AvgIpc) is 2.63. The topological polar surface area (TPSA) is 60.4 Å². The Morgan fingerprint density at radius 2 is 2.06 bits per heavy atom. The number of carbonyl (C=O) groups is 1. The first-order chi connectivity index (χ1) is 8.20. The van der Waals surface area contributed by atoms with Crippen LogP contribution in [-0.2, 0) is 13.8 Å². The van der Waals surface area contributed by atoms with Crippen molar-refractivity contribution in [3.63, 3.8) is 0 Å². The first kappa shape index (κ1) is 15.5. The summed E-state index contributed by atoms with van der Waals surface area (Å²) in [5, 5.41) is 1.43. The molecule has 0 N–H and O–H groups in total. The Morgan fingerprint density at radius 3 is 2.50 bits per heavy atom. The molecule has 1 unspecified atom stereocenters. The smallest absolute Gasteiger partial charge is 0.339 e. The maximum Gasteiger partial charge on any atom is 0.339 e. The quantitative estimate of drug-likeness (QED) is 0.618. The van der Waals surface area contributed by atoms with E-state index in [1.807, 2.05) is 20.8 Å². The van der Waals surface area contributed by atoms with E-state index in [9.17, 15) is 13.2 Å². The second-order valence-corrected chi connectivity index (χ2v) is 8.14. The van der Waals surface area contributed by atoms with E-state index in [0.717, 1.165) is 17.8 Å². The van der Waals surface area contributed by atoms with Gasteiger partial charge in [-0.3, -0.25) is 0 Å². The van der Waals surface area contributed by atoms with E-state index in [1.165, 1.54) is 11.4 Å². The number of hydrogen-bond donors (Lipinski definition) is 0. The highest BCUT2D eigenvalue weighted by Gasteiger charge is 2.19. The molecule has 0 radical (unpaired) electrons. The van der Waals surface area contributed by atoms with Gasteiger partial charge in [-0.1, -0.05) is 13.8 Å². The third-order valence-corrected chi connectivity index (χ3v) is 5.20. The van der Waals surface area contributed by atoms with E-state index < -0.39 is 15.0 Å². The standard InChI is InChI=1S/C11H15ClO4S2/c1-7(2)4-8(3)16-11(13)9-5-10(17-6-9)18(12,14)15/h5-8H,4H2,1-3H3. The second kappa shape index (κ2) is 6.04. The Bertz CT molecular complexity index is 519. The van der Waals surface area contributed by atoms with Gasteiger partial charge in [-0.15, -0.1) is 11.3 Å². The van der Waals surface area contributed by atoms with Crippen molar-refractivity contribution in [1.29, 1.82) is 0 Å². The summed E-state index contributed by atoms with van der Waals surface area (Å²) in [6.45, 7) is 5.88. The predicted octanol–water partition coefficient (Wildman–Crippen LogP) is 3.27. The van der Waals surface area contributed by atoms with Crippen LogP contribution in [0.4, 0.5) is 0 Å². The van der Waals surface area contributed by atoms with Crippen LogP contribution in [-0.4, -0.2) is 20.5 Å². The highest BCUT2D eigenvalue weighted by atomic mass is 35.7. The van der Waals surface area contributed by atoms with Gasteiger partial charge in [-0.2, -0.15) is 0 Å². The van der Waals surface area contributed by atoms with Gasteiger partial charge < -0.3 is 4.74 Å². The second-order valence-electron chi connectivity index (χ2n) is 4.44. The Labute approximate surface area is 115 Å². The highest BCUT2D eigenvalue weighted by molar-refractivity contribution is 8.15. The third-order valence-electron chi connectivity index (χ3n) is 2.16. The number of esters is 1. The van der Waals surface area contributed by atoms with Crippen LogP contribution < -0.4 is 0 Å². The maximum atomic E-state index is 11.7. The number of hydrogen-bond acceptors (Lipinski definition) is 5. The van der Waals surface area contributed by atoms with Crippen LogP contribution >= 0.6 is 22.0 Å². The minimum atomic E-state index is -3.78. The van der Waals surface area contributed by atoms with Gasteiger partial charge in [-0.05, 0) is 25.3 Å². The Kier molecular flexibility index (Phi) is 5.19. The van der Waals surface area contributed by atoms with Gasteiger partial charge in [0, 0.05) is 16.1 Å². The van der Waals surface area contributed by atoms with Crippen LogP contribution in [0.25, 0.3) is 0 Å². The zero-order valence-electron chi connectivity index (χ0n) is 10.3. The van der Waals surface area contributed by atoms with Crippen LogP contribution in [0.2, 0.25) is 0 Å². The molecule has 0 bridgehead atoms. The van der Waals surface area contributed by atoms with Crippen molar-refractivity contribution in [2.75, 3.05) is 0 Å². The molecule has 4 nitrogen and oxygen atoms in total. The lowest BCUT2D eigenvalue weighted by molar-refractivity contribution is 0.0300. The van der Waals surface area contributed by atoms with Gasteiger partial charge in [-0.25, -0.2) is 13.2 Å². The van der Waals surface area contributed by atoms with Crippen molar-refractivity contribution in [2.24, 2.45) is 5.92 Å². The molecule has 0 aromatic carbocycles. The van der Waals surface area contributed by atoms with Gasteiger partial charge in [0.2, 0.25) is 0 Å². The minimum Gasteiger partial charge on any atom is -0.459 e. The SMILES string of the molecule is CC(C)CC(C)OC(=O)c1csc(S(=O)(=O)Cl)c1. The normalized spacial score (nSPS) is 13.6. The lowest BCUT2D eigenvalue weighted by atomic mass is 10.1. The molecule has 0 fully saturated rings. The van der Waals surface area contributed by atoms with Crippen LogP contribution in [0, 0.1) is 5.92 Å². The van der Waals surface area contributed by atoms with Crippen LogP contribution in [0.5, 0.6) is 0 Å². The molecule has 0 aliphatic heterocycles. The summed E-state index contributed by atoms with van der Waals surface area (Å²) < 4.78 is 27.3. The highest BCUT2D eigenvalue weighted by Crippen LogP contribution is 2.24. The molecule has 0 aliphatic rings. The molecule has 1 aromatic heterocycles. The lowest BCUT2D eigenvalue weighted by Crippen LogP contribution is -2.16. The molecule has 1 heterocycles. The Morgan fingerprint density at radius 1 is 1.44 bits per heavy atom. The fourth-order valence-corrected chi connectivity index (χ4v) is 3.45. The monoisotopic (exact) mass is 310 g/mol. The van der Waals surface area contributed by atoms with E-state index in [2.05, 4.69) is 0 Å². The summed E-state index contributed by atoms with van der Waals surface area (Å²) in [7, 11) is 1.40. The molecule has 7 heteroatoms. The van der Waals surface area contributed by atoms with E-state index in [-0.39, 0.29) is 15.9 Å². The fraction of sp³-hybridized carbons (Fsp3) is 0.545. The average molecular weight is 311 g/mol. The maximum absolute atomic E-state index is 11.7. The van der Waals surface area contributed by atoms with Crippen molar-refractivity contribution in [3.8, 4) is 0 Å². The van der Waals surface area contributed by atoms with E-state index >= 15 is 0 Å². The van der Waals surface area contributed by atoms with E-state index in [4.69, 9.17) is 15.4 Å². The summed E-state index contributed by atoms with van der Waals surface area (Å²) in [5.74, 6) is -0.0972. The molecule has 0 amide bonds. The molecule has 0 saturated heterocycles. The zero-order valence-corrected chi connectivity index (χ0v) is 12.7. The molecule has 0 saturated carbocycles. The molecular weight excluding hydrogens is 296 g/mol. The first-order valence-corrected chi connectivity index (χ1v) is 8.63. The van der Waals surface area contributed by atoms with Gasteiger partial charge in [0.1, 0.15) is 4.21 Å². The molecule has 1 aromatic rings. The predicted molar refractivity (Wildman–Crippen MR) is 71.7 cm³/mol. The summed E-state index contributed by atoms with van der Waals surface area (Å²) in [4.78, 5) is 11.7. The van der Waals surface area contributed by atoms with Gasteiger partial charge in [0.15, 0.2) is 0 Å². The Balaban J connectivity index is 2.71. The number of halogens is 1. The number of ether oxygens (including phenoxy) is 1. The van der Waals surface area contributed by atoms with Crippen LogP contribution in [0.1, 0.15) is 37.6 Å². The fourth-order valence-electron chi connectivity index (χ4n) is 1.51. The van der Waals surface area contributed by atoms with E-state index in [0.29, 0.717) is 5.92 Å². The molecule has 102 valence electrons. The summed E-state index contributed by atoms with van der Waals surface area (Å²) in [6, 6.07) is 1.23. The van der Waals surface area contributed by atoms with Gasteiger partial charge >= 0.3 is 5.97 Å². The number of rotatable bonds is 5. The van der Waals surface area contributed by atoms with Crippen LogP contribution in [0.15, 0.2) is 15.7 Å². The molecule has 0 spiro atoms. The van der Waals surface area contributed by atoms with Crippen molar-refractivity contribution in [1.82, 2.24) is 0 Å². The summed E-state index contributed by atoms with van der Waals surface area (Å²) in [6.07, 6.45) is 0.560. The molecule has 0 aliphatic carbocycles. The number of carbonyl (C=O) groups excluding carboxylic acids is 1. The van der Waals surface area contributed by atoms with Gasteiger partial charge in [0.25, 0.3) is 9.05 Å². The zero-order chi connectivity index (χ0) is 13.9. The molecule has 18 heavy (non-hydrogen) atoms. The minimum absolute atomic E-state index is 0.0485. The summed E-state index contributed by atoms with van der Waals surface area (Å²) >= 11 is 0.905. The Hall–Kier alpha value is -0.590. The molecule has 1 atom stereocenters. The van der Waals surface area contributed by atoms with Crippen LogP contribution in [0.3, 0.4) is 0 Å². The molecular formula is C11H15ClO4S2. The summed E-state index contributed by atoms with van der Waals surface area (Å²) in [5.41, 5.74) is 0.217. The van der Waals surface area contributed by atoms with Crippen molar-refractivity contribution >= 4 is 37.0 Å². The molecule has 1 rings (SSSR count). The first-order valence-electron chi connectivity index (χ1n) is 5.44. The van der Waals surface area contributed by atoms with Gasteiger partial charge in [0.05, 0.1) is 11.7 Å². The third kappa shape index (κ3) is 4.59.